The van der Waals surface area contributed by atoms with Crippen molar-refractivity contribution < 1.29 is 27.4 Å². The molecule has 0 saturated heterocycles. The molecule has 1 aliphatic heterocycles. The van der Waals surface area contributed by atoms with Gasteiger partial charge < -0.3 is 18.9 Å². The van der Waals surface area contributed by atoms with E-state index in [4.69, 9.17) is 18.9 Å². The van der Waals surface area contributed by atoms with Crippen molar-refractivity contribution in [2.75, 3.05) is 38.8 Å². The number of pyridine rings is 1. The van der Waals surface area contributed by atoms with E-state index in [1.54, 1.807) is 36.3 Å². The van der Waals surface area contributed by atoms with E-state index < -0.39 is 27.4 Å². The molecule has 4 rings (SSSR count). The lowest BCUT2D eigenvalue weighted by atomic mass is 10.2. The molecular weight excluding hydrogens is 490 g/mol. The average molecular weight is 520 g/mol. The number of rotatable bonds is 10. The van der Waals surface area contributed by atoms with Crippen LogP contribution in [0.4, 0.5) is 5.95 Å². The molecule has 0 amide bonds. The fourth-order valence-corrected chi connectivity index (χ4v) is 5.02. The normalized spacial score (nSPS) is 16.8. The van der Waals surface area contributed by atoms with E-state index in [1.165, 1.54) is 14.0 Å². The van der Waals surface area contributed by atoms with E-state index in [2.05, 4.69) is 29.9 Å². The number of fused-ring (bicyclic) bond motifs is 3. The third-order valence-electron chi connectivity index (χ3n) is 5.69. The number of nitrogens with one attached hydrogen (secondary N) is 1. The van der Waals surface area contributed by atoms with Crippen molar-refractivity contribution >= 4 is 16.0 Å². The highest BCUT2D eigenvalue weighted by Gasteiger charge is 2.36. The Bertz CT molecular complexity index is 1300. The summed E-state index contributed by atoms with van der Waals surface area (Å²) in [5.74, 6) is 1.40. The fraction of sp³-hybridized carbons (Fsp3) is 0.500. The van der Waals surface area contributed by atoms with E-state index >= 15 is 0 Å². The average Bonchev–Trinajstić information content (AvgIpc) is 3.18. The molecule has 3 atom stereocenters. The van der Waals surface area contributed by atoms with Crippen molar-refractivity contribution in [3.05, 3.63) is 36.0 Å². The molecule has 1 aliphatic rings. The minimum atomic E-state index is -4.03. The van der Waals surface area contributed by atoms with Gasteiger partial charge in [0.05, 0.1) is 24.8 Å². The smallest absolute Gasteiger partial charge is 0.257 e. The van der Waals surface area contributed by atoms with Gasteiger partial charge in [0.15, 0.2) is 17.4 Å². The van der Waals surface area contributed by atoms with Gasteiger partial charge >= 0.3 is 0 Å². The summed E-state index contributed by atoms with van der Waals surface area (Å²) >= 11 is 0. The number of sulfonamides is 1. The van der Waals surface area contributed by atoms with E-state index in [1.807, 2.05) is 13.8 Å². The second-order valence-electron chi connectivity index (χ2n) is 8.19. The third kappa shape index (κ3) is 4.96. The number of ether oxygens (including phenoxy) is 4. The van der Waals surface area contributed by atoms with E-state index in [0.29, 0.717) is 29.6 Å². The predicted molar refractivity (Wildman–Crippen MR) is 129 cm³/mol. The van der Waals surface area contributed by atoms with Gasteiger partial charge in [0.1, 0.15) is 18.0 Å². The molecule has 2 unspecified atom stereocenters. The number of anilines is 1. The lowest BCUT2D eigenvalue weighted by Crippen LogP contribution is -2.34. The van der Waals surface area contributed by atoms with Gasteiger partial charge in [0, 0.05) is 32.8 Å². The molecule has 1 N–H and O–H groups in total. The van der Waals surface area contributed by atoms with Gasteiger partial charge in [-0.25, -0.2) is 23.4 Å². The Morgan fingerprint density at radius 2 is 1.97 bits per heavy atom. The van der Waals surface area contributed by atoms with Gasteiger partial charge in [-0.05, 0) is 32.4 Å². The highest BCUT2D eigenvalue weighted by atomic mass is 32.2. The molecule has 0 bridgehead atoms. The van der Waals surface area contributed by atoms with Crippen molar-refractivity contribution in [1.29, 1.82) is 0 Å². The number of aromatic nitrogens is 6. The molecular formula is C22H29N7O6S. The van der Waals surface area contributed by atoms with Gasteiger partial charge in [-0.2, -0.15) is 0 Å². The van der Waals surface area contributed by atoms with Crippen molar-refractivity contribution in [1.82, 2.24) is 29.7 Å². The van der Waals surface area contributed by atoms with Gasteiger partial charge in [-0.1, -0.05) is 0 Å². The Hall–Kier alpha value is -3.36. The Kier molecular flexibility index (Phi) is 7.66. The van der Waals surface area contributed by atoms with Crippen LogP contribution in [0.15, 0.2) is 24.7 Å². The van der Waals surface area contributed by atoms with Crippen LogP contribution in [-0.4, -0.2) is 77.4 Å². The van der Waals surface area contributed by atoms with Crippen LogP contribution in [-0.2, 0) is 19.5 Å². The van der Waals surface area contributed by atoms with Gasteiger partial charge in [-0.15, -0.1) is 10.2 Å². The summed E-state index contributed by atoms with van der Waals surface area (Å²) < 4.78 is 53.6. The first-order chi connectivity index (χ1) is 17.3. The zero-order valence-corrected chi connectivity index (χ0v) is 21.5. The summed E-state index contributed by atoms with van der Waals surface area (Å²) in [6.07, 6.45) is 3.88. The van der Waals surface area contributed by atoms with Crippen LogP contribution in [0.5, 0.6) is 11.6 Å². The maximum absolute atomic E-state index is 13.4. The lowest BCUT2D eigenvalue weighted by molar-refractivity contribution is 0.0949. The molecule has 3 aromatic heterocycles. The first-order valence-corrected chi connectivity index (χ1v) is 12.9. The van der Waals surface area contributed by atoms with Crippen molar-refractivity contribution in [2.45, 2.75) is 38.2 Å². The molecule has 194 valence electrons. The second kappa shape index (κ2) is 10.7. The fourth-order valence-electron chi connectivity index (χ4n) is 3.88. The van der Waals surface area contributed by atoms with Crippen LogP contribution in [0.1, 0.15) is 37.4 Å². The van der Waals surface area contributed by atoms with Crippen LogP contribution in [0, 0.1) is 6.92 Å². The summed E-state index contributed by atoms with van der Waals surface area (Å²) in [5, 5.41) is 7.39. The highest BCUT2D eigenvalue weighted by Crippen LogP contribution is 2.41. The molecule has 0 aromatic carbocycles. The molecule has 13 nitrogen and oxygen atoms in total. The van der Waals surface area contributed by atoms with E-state index in [-0.39, 0.29) is 25.0 Å². The second-order valence-corrected chi connectivity index (χ2v) is 10.2. The quantitative estimate of drug-likeness (QED) is 0.418. The number of hydrogen-bond acceptors (Lipinski definition) is 11. The summed E-state index contributed by atoms with van der Waals surface area (Å²) in [6, 6.07) is 1.28. The van der Waals surface area contributed by atoms with Crippen LogP contribution >= 0.6 is 0 Å². The molecule has 0 saturated carbocycles. The maximum atomic E-state index is 13.4. The largest absolute Gasteiger partial charge is 0.485 e. The molecule has 0 radical (unpaired) electrons. The topological polar surface area (TPSA) is 152 Å². The highest BCUT2D eigenvalue weighted by molar-refractivity contribution is 7.93. The van der Waals surface area contributed by atoms with Crippen LogP contribution < -0.4 is 14.2 Å². The van der Waals surface area contributed by atoms with Crippen LogP contribution in [0.25, 0.3) is 11.4 Å². The molecule has 0 fully saturated rings. The van der Waals surface area contributed by atoms with Crippen LogP contribution in [0.2, 0.25) is 0 Å². The minimum Gasteiger partial charge on any atom is -0.485 e. The molecule has 0 aliphatic carbocycles. The van der Waals surface area contributed by atoms with Crippen molar-refractivity contribution in [2.24, 2.45) is 0 Å². The number of nitrogens with zero attached hydrogens (tertiary/aromatic N) is 6. The summed E-state index contributed by atoms with van der Waals surface area (Å²) in [4.78, 5) is 12.7. The van der Waals surface area contributed by atoms with Crippen molar-refractivity contribution in [3.8, 4) is 23.0 Å². The predicted octanol–water partition coefficient (Wildman–Crippen LogP) is 1.94. The Balaban J connectivity index is 1.72. The first-order valence-electron chi connectivity index (χ1n) is 11.3. The zero-order chi connectivity index (χ0) is 25.9. The molecule has 0 spiro atoms. The molecule has 36 heavy (non-hydrogen) atoms. The number of hydrogen-bond donors (Lipinski definition) is 1. The van der Waals surface area contributed by atoms with Crippen molar-refractivity contribution in [3.63, 3.8) is 0 Å². The maximum Gasteiger partial charge on any atom is 0.257 e. The SMILES string of the molecule is CCOc1nccc2c1OC[C@@H](COC)n1c(NS(=O)(=O)C(C)C(OC)c3ncc(C)cn3)nnc1-2. The summed E-state index contributed by atoms with van der Waals surface area (Å²) in [6.45, 7) is 5.98. The van der Waals surface area contributed by atoms with E-state index in [0.717, 1.165) is 5.56 Å². The standard InChI is InChI=1S/C22H29N7O6S/c1-6-34-21-18-16(7-8-23-21)20-26-27-22(29(20)15(11-32-4)12-35-18)28-36(30,31)14(3)17(33-5)19-24-9-13(2)10-25-19/h7-10,14-15,17H,6,11-12H2,1-5H3,(H,27,28)/t14?,15-,17?/m1/s1. The van der Waals surface area contributed by atoms with Gasteiger partial charge in [-0.3, -0.25) is 9.29 Å². The number of methoxy groups -OCH3 is 2. The molecule has 4 heterocycles. The Morgan fingerprint density at radius 1 is 1.22 bits per heavy atom. The molecule has 14 heteroatoms. The monoisotopic (exact) mass is 519 g/mol. The Morgan fingerprint density at radius 3 is 2.64 bits per heavy atom. The van der Waals surface area contributed by atoms with E-state index in [9.17, 15) is 8.42 Å². The summed E-state index contributed by atoms with van der Waals surface area (Å²) in [5.41, 5.74) is 1.42. The minimum absolute atomic E-state index is 0.0183. The molecule has 3 aromatic rings. The van der Waals surface area contributed by atoms with Gasteiger partial charge in [0.25, 0.3) is 5.88 Å². The Labute approximate surface area is 209 Å². The lowest BCUT2D eigenvalue weighted by Gasteiger charge is -2.23. The number of aryl methyl sites for hydroxylation is 1. The van der Waals surface area contributed by atoms with Crippen LogP contribution in [0.3, 0.4) is 0 Å². The third-order valence-corrected chi connectivity index (χ3v) is 7.39. The zero-order valence-electron chi connectivity index (χ0n) is 20.7. The first kappa shape index (κ1) is 25.7. The van der Waals surface area contributed by atoms with Gasteiger partial charge in [0.2, 0.25) is 16.0 Å². The summed E-state index contributed by atoms with van der Waals surface area (Å²) in [7, 11) is -1.07.